The summed E-state index contributed by atoms with van der Waals surface area (Å²) >= 11 is 6.61. The van der Waals surface area contributed by atoms with Crippen LogP contribution in [-0.4, -0.2) is 15.6 Å². The van der Waals surface area contributed by atoms with E-state index in [0.717, 1.165) is 17.2 Å². The molecule has 0 N–H and O–H groups in total. The number of aromatic nitrogens is 1. The number of nitro groups is 1. The van der Waals surface area contributed by atoms with Gasteiger partial charge >= 0.3 is 0 Å². The molecule has 0 aliphatic heterocycles. The van der Waals surface area contributed by atoms with Crippen LogP contribution in [0.4, 0.5) is 15.9 Å². The molecule has 158 valence electrons. The van der Waals surface area contributed by atoms with E-state index in [1.165, 1.54) is 12.1 Å². The van der Waals surface area contributed by atoms with Crippen LogP contribution in [-0.2, 0) is 6.42 Å². The van der Waals surface area contributed by atoms with Crippen molar-refractivity contribution in [3.05, 3.63) is 134 Å². The minimum absolute atomic E-state index is 0.152. The van der Waals surface area contributed by atoms with Gasteiger partial charge in [-0.15, -0.1) is 0 Å². The molecule has 0 fully saturated rings. The third kappa shape index (κ3) is 4.71. The fourth-order valence-electron chi connectivity index (χ4n) is 3.28. The van der Waals surface area contributed by atoms with E-state index in [1.807, 2.05) is 60.7 Å². The maximum atomic E-state index is 14.4. The molecule has 0 amide bonds. The first-order valence-electron chi connectivity index (χ1n) is 9.78. The minimum atomic E-state index is -0.661. The molecule has 0 unspecified atom stereocenters. The van der Waals surface area contributed by atoms with Crippen LogP contribution in [0.15, 0.2) is 96.1 Å². The van der Waals surface area contributed by atoms with Crippen molar-refractivity contribution in [3.8, 4) is 0 Å². The minimum Gasteiger partial charge on any atom is -0.258 e. The van der Waals surface area contributed by atoms with Crippen molar-refractivity contribution < 1.29 is 9.31 Å². The molecule has 4 aromatic rings. The molecule has 0 saturated heterocycles. The summed E-state index contributed by atoms with van der Waals surface area (Å²) in [5, 5.41) is 11.2. The maximum Gasteiger partial charge on any atom is 0.272 e. The molecular formula is C25H17ClFN3O2. The van der Waals surface area contributed by atoms with E-state index in [1.54, 1.807) is 12.3 Å². The monoisotopic (exact) mass is 445 g/mol. The highest BCUT2D eigenvalue weighted by Gasteiger charge is 2.15. The van der Waals surface area contributed by atoms with Gasteiger partial charge in [-0.3, -0.25) is 10.1 Å². The first-order chi connectivity index (χ1) is 15.5. The molecule has 4 rings (SSSR count). The van der Waals surface area contributed by atoms with Crippen LogP contribution in [0.1, 0.15) is 22.3 Å². The van der Waals surface area contributed by atoms with Crippen LogP contribution >= 0.6 is 11.6 Å². The average Bonchev–Trinajstić information content (AvgIpc) is 2.82. The molecule has 0 aliphatic carbocycles. The predicted molar refractivity (Wildman–Crippen MR) is 123 cm³/mol. The molecule has 0 spiro atoms. The van der Waals surface area contributed by atoms with Gasteiger partial charge in [0, 0.05) is 29.8 Å². The number of hydrogen-bond donors (Lipinski definition) is 0. The van der Waals surface area contributed by atoms with Crippen LogP contribution in [0.3, 0.4) is 0 Å². The third-order valence-electron chi connectivity index (χ3n) is 4.89. The Morgan fingerprint density at radius 1 is 0.938 bits per heavy atom. The van der Waals surface area contributed by atoms with Gasteiger partial charge < -0.3 is 0 Å². The highest BCUT2D eigenvalue weighted by Crippen LogP contribution is 2.30. The van der Waals surface area contributed by atoms with Gasteiger partial charge in [0.05, 0.1) is 21.7 Å². The topological polar surface area (TPSA) is 68.4 Å². The lowest BCUT2D eigenvalue weighted by Crippen LogP contribution is -2.03. The Balaban J connectivity index is 1.74. The molecule has 0 atom stereocenters. The SMILES string of the molecule is O=[N+]([O-])c1ccc(Cc2ccnc(N=C(c3ccccc3)c3ccccc3)c2Cl)c(F)c1. The second-order valence-electron chi connectivity index (χ2n) is 7.01. The van der Waals surface area contributed by atoms with E-state index in [9.17, 15) is 14.5 Å². The van der Waals surface area contributed by atoms with Gasteiger partial charge in [-0.05, 0) is 23.3 Å². The average molecular weight is 446 g/mol. The third-order valence-corrected chi connectivity index (χ3v) is 5.30. The number of pyridine rings is 1. The van der Waals surface area contributed by atoms with Crippen molar-refractivity contribution in [2.75, 3.05) is 0 Å². The smallest absolute Gasteiger partial charge is 0.258 e. The number of non-ortho nitro benzene ring substituents is 1. The lowest BCUT2D eigenvalue weighted by Gasteiger charge is -2.10. The highest BCUT2D eigenvalue weighted by atomic mass is 35.5. The summed E-state index contributed by atoms with van der Waals surface area (Å²) in [5.41, 5.74) is 3.14. The Morgan fingerprint density at radius 2 is 1.56 bits per heavy atom. The number of rotatable bonds is 6. The van der Waals surface area contributed by atoms with Crippen LogP contribution in [0.2, 0.25) is 5.02 Å². The zero-order valence-electron chi connectivity index (χ0n) is 16.8. The van der Waals surface area contributed by atoms with Gasteiger partial charge in [0.2, 0.25) is 0 Å². The van der Waals surface area contributed by atoms with Crippen LogP contribution in [0.5, 0.6) is 0 Å². The number of halogens is 2. The second-order valence-corrected chi connectivity index (χ2v) is 7.39. The van der Waals surface area contributed by atoms with Gasteiger partial charge in [0.1, 0.15) is 5.82 Å². The van der Waals surface area contributed by atoms with Crippen molar-refractivity contribution in [1.82, 2.24) is 4.98 Å². The number of nitrogens with zero attached hydrogens (tertiary/aromatic N) is 3. The van der Waals surface area contributed by atoms with E-state index in [0.29, 0.717) is 27.7 Å². The highest BCUT2D eigenvalue weighted by molar-refractivity contribution is 6.33. The van der Waals surface area contributed by atoms with E-state index < -0.39 is 10.7 Å². The molecule has 32 heavy (non-hydrogen) atoms. The molecule has 3 aromatic carbocycles. The van der Waals surface area contributed by atoms with E-state index in [2.05, 4.69) is 4.98 Å². The van der Waals surface area contributed by atoms with Crippen molar-refractivity contribution in [1.29, 1.82) is 0 Å². The van der Waals surface area contributed by atoms with E-state index in [4.69, 9.17) is 16.6 Å². The maximum absolute atomic E-state index is 14.4. The standard InChI is InChI=1S/C25H17ClFN3O2/c26-23-20(15-19-11-12-21(30(31)32)16-22(19)27)13-14-28-25(23)29-24(17-7-3-1-4-8-17)18-9-5-2-6-10-18/h1-14,16H,15H2. The number of nitro benzene ring substituents is 1. The van der Waals surface area contributed by atoms with Gasteiger partial charge in [-0.1, -0.05) is 72.3 Å². The summed E-state index contributed by atoms with van der Waals surface area (Å²) in [7, 11) is 0. The van der Waals surface area contributed by atoms with E-state index >= 15 is 0 Å². The molecular weight excluding hydrogens is 429 g/mol. The zero-order valence-corrected chi connectivity index (χ0v) is 17.5. The molecule has 7 heteroatoms. The normalized spacial score (nSPS) is 10.6. The van der Waals surface area contributed by atoms with Crippen molar-refractivity contribution in [2.45, 2.75) is 6.42 Å². The molecule has 1 heterocycles. The van der Waals surface area contributed by atoms with Crippen LogP contribution in [0, 0.1) is 15.9 Å². The second kappa shape index (κ2) is 9.49. The van der Waals surface area contributed by atoms with Crippen molar-refractivity contribution >= 4 is 28.8 Å². The Bertz CT molecular complexity index is 1250. The summed E-state index contributed by atoms with van der Waals surface area (Å²) < 4.78 is 14.4. The fourth-order valence-corrected chi connectivity index (χ4v) is 3.50. The first kappa shape index (κ1) is 21.3. The quantitative estimate of drug-likeness (QED) is 0.192. The zero-order chi connectivity index (χ0) is 22.5. The number of hydrogen-bond acceptors (Lipinski definition) is 4. The molecule has 0 radical (unpaired) electrons. The number of benzene rings is 3. The Kier molecular flexibility index (Phi) is 6.33. The van der Waals surface area contributed by atoms with Crippen molar-refractivity contribution in [2.24, 2.45) is 4.99 Å². The largest absolute Gasteiger partial charge is 0.272 e. The van der Waals surface area contributed by atoms with Gasteiger partial charge in [0.25, 0.3) is 5.69 Å². The summed E-state index contributed by atoms with van der Waals surface area (Å²) in [6.45, 7) is 0. The molecule has 1 aromatic heterocycles. The number of aliphatic imine (C=N–C) groups is 1. The van der Waals surface area contributed by atoms with Crippen LogP contribution < -0.4 is 0 Å². The summed E-state index contributed by atoms with van der Waals surface area (Å²) in [5.74, 6) is -0.347. The van der Waals surface area contributed by atoms with Crippen molar-refractivity contribution in [3.63, 3.8) is 0 Å². The Labute approximate surface area is 189 Å². The molecule has 0 saturated carbocycles. The lowest BCUT2D eigenvalue weighted by molar-refractivity contribution is -0.385. The predicted octanol–water partition coefficient (Wildman–Crippen LogP) is 6.54. The Hall–Kier alpha value is -3.90. The molecule has 5 nitrogen and oxygen atoms in total. The summed E-state index contributed by atoms with van der Waals surface area (Å²) in [6.07, 6.45) is 1.72. The van der Waals surface area contributed by atoms with E-state index in [-0.39, 0.29) is 12.1 Å². The first-order valence-corrected chi connectivity index (χ1v) is 10.2. The molecule has 0 aliphatic rings. The van der Waals surface area contributed by atoms with Gasteiger partial charge in [0.15, 0.2) is 5.82 Å². The summed E-state index contributed by atoms with van der Waals surface area (Å²) in [4.78, 5) is 19.3. The Morgan fingerprint density at radius 3 is 2.12 bits per heavy atom. The molecule has 0 bridgehead atoms. The van der Waals surface area contributed by atoms with Gasteiger partial charge in [-0.2, -0.15) is 0 Å². The summed E-state index contributed by atoms with van der Waals surface area (Å²) in [6, 6.07) is 24.6. The fraction of sp³-hybridized carbons (Fsp3) is 0.0400. The van der Waals surface area contributed by atoms with Crippen LogP contribution in [0.25, 0.3) is 0 Å². The van der Waals surface area contributed by atoms with Gasteiger partial charge in [-0.25, -0.2) is 14.4 Å². The lowest BCUT2D eigenvalue weighted by atomic mass is 10.0.